The number of hydrogen-bond donors (Lipinski definition) is 1. The molecule has 0 radical (unpaired) electrons. The second-order valence-electron chi connectivity index (χ2n) is 7.12. The van der Waals surface area contributed by atoms with Crippen LogP contribution in [0, 0.1) is 0 Å². The molecule has 0 spiro atoms. The first-order chi connectivity index (χ1) is 15.0. The molecular formula is C21H29N5O4S. The second kappa shape index (κ2) is 10.9. The summed E-state index contributed by atoms with van der Waals surface area (Å²) in [6, 6.07) is 5.83. The molecule has 0 unspecified atom stereocenters. The Bertz CT molecular complexity index is 904. The molecule has 1 fully saturated rings. The number of aromatic nitrogens is 2. The van der Waals surface area contributed by atoms with Gasteiger partial charge in [0.25, 0.3) is 0 Å². The van der Waals surface area contributed by atoms with Gasteiger partial charge in [0.1, 0.15) is 0 Å². The van der Waals surface area contributed by atoms with E-state index >= 15 is 0 Å². The molecular weight excluding hydrogens is 418 g/mol. The Labute approximate surface area is 186 Å². The Morgan fingerprint density at radius 2 is 2.00 bits per heavy atom. The van der Waals surface area contributed by atoms with Crippen LogP contribution in [-0.4, -0.2) is 61.9 Å². The molecule has 1 aromatic carbocycles. The van der Waals surface area contributed by atoms with E-state index in [1.807, 2.05) is 32.0 Å². The first-order valence-electron chi connectivity index (χ1n) is 10.5. The van der Waals surface area contributed by atoms with E-state index in [1.54, 1.807) is 16.8 Å². The van der Waals surface area contributed by atoms with E-state index in [1.165, 1.54) is 11.3 Å². The first-order valence-corrected chi connectivity index (χ1v) is 11.3. The lowest BCUT2D eigenvalue weighted by molar-refractivity contribution is -0.119. The van der Waals surface area contributed by atoms with Crippen molar-refractivity contribution < 1.29 is 19.1 Å². The zero-order valence-electron chi connectivity index (χ0n) is 18.2. The average molecular weight is 448 g/mol. The van der Waals surface area contributed by atoms with Crippen molar-refractivity contribution in [2.24, 2.45) is 0 Å². The third kappa shape index (κ3) is 6.06. The number of rotatable bonds is 11. The minimum absolute atomic E-state index is 0.0740. The quantitative estimate of drug-likeness (QED) is 0.564. The molecule has 0 saturated carbocycles. The summed E-state index contributed by atoms with van der Waals surface area (Å²) in [5.41, 5.74) is 1.06. The van der Waals surface area contributed by atoms with E-state index in [2.05, 4.69) is 15.5 Å². The summed E-state index contributed by atoms with van der Waals surface area (Å²) in [6.45, 7) is 6.35. The SMILES string of the molecule is CCOc1ccc(CCNC(=O)CN(C)c2nnc(N3CCCC3=O)s2)cc1OCC. The minimum Gasteiger partial charge on any atom is -0.490 e. The van der Waals surface area contributed by atoms with Gasteiger partial charge in [-0.25, -0.2) is 0 Å². The maximum atomic E-state index is 12.3. The predicted molar refractivity (Wildman–Crippen MR) is 120 cm³/mol. The van der Waals surface area contributed by atoms with Crippen LogP contribution in [0.5, 0.6) is 11.5 Å². The zero-order chi connectivity index (χ0) is 22.2. The highest BCUT2D eigenvalue weighted by Gasteiger charge is 2.25. The largest absolute Gasteiger partial charge is 0.490 e. The standard InChI is InChI=1S/C21H29N5O4S/c1-4-29-16-9-8-15(13-17(16)30-5-2)10-11-22-18(27)14-25(3)20-23-24-21(31-20)26-12-6-7-19(26)28/h8-9,13H,4-7,10-12,14H2,1-3H3,(H,22,27). The topological polar surface area (TPSA) is 96.9 Å². The summed E-state index contributed by atoms with van der Waals surface area (Å²) < 4.78 is 11.2. The highest BCUT2D eigenvalue weighted by molar-refractivity contribution is 7.19. The van der Waals surface area contributed by atoms with Crippen molar-refractivity contribution in [3.8, 4) is 11.5 Å². The molecule has 2 aromatic rings. The molecule has 1 saturated heterocycles. The Morgan fingerprint density at radius 3 is 2.71 bits per heavy atom. The number of likely N-dealkylation sites (N-methyl/N-ethyl adjacent to an activating group) is 1. The minimum atomic E-state index is -0.104. The maximum Gasteiger partial charge on any atom is 0.239 e. The maximum absolute atomic E-state index is 12.3. The fraction of sp³-hybridized carbons (Fsp3) is 0.524. The molecule has 168 valence electrons. The van der Waals surface area contributed by atoms with Crippen molar-refractivity contribution in [1.29, 1.82) is 0 Å². The lowest BCUT2D eigenvalue weighted by Gasteiger charge is -2.15. The van der Waals surface area contributed by atoms with Crippen molar-refractivity contribution >= 4 is 33.4 Å². The number of ether oxygens (including phenoxy) is 2. The van der Waals surface area contributed by atoms with E-state index in [-0.39, 0.29) is 18.4 Å². The van der Waals surface area contributed by atoms with Crippen molar-refractivity contribution in [2.45, 2.75) is 33.1 Å². The number of nitrogens with one attached hydrogen (secondary N) is 1. The van der Waals surface area contributed by atoms with Crippen LogP contribution in [0.2, 0.25) is 0 Å². The summed E-state index contributed by atoms with van der Waals surface area (Å²) in [5, 5.41) is 12.4. The van der Waals surface area contributed by atoms with E-state index in [9.17, 15) is 9.59 Å². The van der Waals surface area contributed by atoms with Gasteiger partial charge >= 0.3 is 0 Å². The van der Waals surface area contributed by atoms with Crippen LogP contribution in [0.15, 0.2) is 18.2 Å². The molecule has 2 amide bonds. The smallest absolute Gasteiger partial charge is 0.239 e. The first kappa shape index (κ1) is 22.8. The fourth-order valence-electron chi connectivity index (χ4n) is 3.26. The van der Waals surface area contributed by atoms with Crippen LogP contribution in [-0.2, 0) is 16.0 Å². The molecule has 1 aromatic heterocycles. The van der Waals surface area contributed by atoms with Gasteiger partial charge in [0, 0.05) is 26.6 Å². The van der Waals surface area contributed by atoms with Gasteiger partial charge in [-0.15, -0.1) is 10.2 Å². The molecule has 0 atom stereocenters. The van der Waals surface area contributed by atoms with E-state index < -0.39 is 0 Å². The van der Waals surface area contributed by atoms with Crippen molar-refractivity contribution in [3.63, 3.8) is 0 Å². The Balaban J connectivity index is 1.47. The van der Waals surface area contributed by atoms with Gasteiger partial charge in [-0.2, -0.15) is 0 Å². The third-order valence-corrected chi connectivity index (χ3v) is 5.82. The molecule has 3 rings (SSSR count). The highest BCUT2D eigenvalue weighted by Crippen LogP contribution is 2.30. The van der Waals surface area contributed by atoms with Crippen molar-refractivity contribution in [2.75, 3.05) is 49.7 Å². The van der Waals surface area contributed by atoms with Crippen LogP contribution in [0.3, 0.4) is 0 Å². The molecule has 10 heteroatoms. The van der Waals surface area contributed by atoms with Crippen molar-refractivity contribution in [1.82, 2.24) is 15.5 Å². The highest BCUT2D eigenvalue weighted by atomic mass is 32.1. The molecule has 9 nitrogen and oxygen atoms in total. The number of benzene rings is 1. The van der Waals surface area contributed by atoms with E-state index in [0.29, 0.717) is 49.4 Å². The summed E-state index contributed by atoms with van der Waals surface area (Å²) in [5.74, 6) is 1.42. The zero-order valence-corrected chi connectivity index (χ0v) is 19.0. The summed E-state index contributed by atoms with van der Waals surface area (Å²) in [4.78, 5) is 27.6. The van der Waals surface area contributed by atoms with E-state index in [4.69, 9.17) is 9.47 Å². The molecule has 0 aliphatic carbocycles. The van der Waals surface area contributed by atoms with Crippen LogP contribution in [0.25, 0.3) is 0 Å². The molecule has 1 aliphatic rings. The van der Waals surface area contributed by atoms with Crippen LogP contribution in [0.4, 0.5) is 10.3 Å². The van der Waals surface area contributed by atoms with Crippen molar-refractivity contribution in [3.05, 3.63) is 23.8 Å². The summed E-state index contributed by atoms with van der Waals surface area (Å²) >= 11 is 1.32. The van der Waals surface area contributed by atoms with E-state index in [0.717, 1.165) is 23.5 Å². The van der Waals surface area contributed by atoms with Gasteiger partial charge < -0.3 is 19.7 Å². The van der Waals surface area contributed by atoms with Gasteiger partial charge in [0.05, 0.1) is 19.8 Å². The molecule has 0 bridgehead atoms. The summed E-state index contributed by atoms with van der Waals surface area (Å²) in [7, 11) is 1.79. The molecule has 1 aliphatic heterocycles. The molecule has 31 heavy (non-hydrogen) atoms. The van der Waals surface area contributed by atoms with Crippen LogP contribution < -0.4 is 24.6 Å². The number of carbonyl (C=O) groups is 2. The van der Waals surface area contributed by atoms with Gasteiger partial charge in [0.15, 0.2) is 11.5 Å². The Hall–Kier alpha value is -2.88. The molecule has 1 N–H and O–H groups in total. The lowest BCUT2D eigenvalue weighted by Crippen LogP contribution is -2.36. The third-order valence-electron chi connectivity index (χ3n) is 4.76. The lowest BCUT2D eigenvalue weighted by atomic mass is 10.1. The van der Waals surface area contributed by atoms with Crippen LogP contribution >= 0.6 is 11.3 Å². The summed E-state index contributed by atoms with van der Waals surface area (Å²) in [6.07, 6.45) is 2.07. The van der Waals surface area contributed by atoms with Gasteiger partial charge in [-0.05, 0) is 44.4 Å². The fourth-order valence-corrected chi connectivity index (χ4v) is 4.11. The number of nitrogens with zero attached hydrogens (tertiary/aromatic N) is 4. The Morgan fingerprint density at radius 1 is 1.23 bits per heavy atom. The van der Waals surface area contributed by atoms with Gasteiger partial charge in [-0.3, -0.25) is 14.5 Å². The predicted octanol–water partition coefficient (Wildman–Crippen LogP) is 2.26. The number of anilines is 2. The normalized spacial score (nSPS) is 13.4. The molecule has 2 heterocycles. The number of hydrogen-bond acceptors (Lipinski definition) is 8. The average Bonchev–Trinajstić information content (AvgIpc) is 3.39. The van der Waals surface area contributed by atoms with Gasteiger partial charge in [0.2, 0.25) is 22.1 Å². The Kier molecular flexibility index (Phi) is 8.05. The van der Waals surface area contributed by atoms with Crippen LogP contribution in [0.1, 0.15) is 32.3 Å². The number of carbonyl (C=O) groups excluding carboxylic acids is 2. The van der Waals surface area contributed by atoms with Gasteiger partial charge in [-0.1, -0.05) is 17.4 Å². The second-order valence-corrected chi connectivity index (χ2v) is 8.05. The number of amides is 2. The monoisotopic (exact) mass is 447 g/mol.